The highest BCUT2D eigenvalue weighted by Gasteiger charge is 2.20. The van der Waals surface area contributed by atoms with Gasteiger partial charge in [0.15, 0.2) is 0 Å². The van der Waals surface area contributed by atoms with E-state index < -0.39 is 13.9 Å². The molecule has 0 aromatic rings. The zero-order chi connectivity index (χ0) is 43.4. The van der Waals surface area contributed by atoms with Gasteiger partial charge in [0.2, 0.25) is 0 Å². The van der Waals surface area contributed by atoms with Crippen molar-refractivity contribution in [3.8, 4) is 0 Å². The van der Waals surface area contributed by atoms with E-state index in [4.69, 9.17) is 18.5 Å². The van der Waals surface area contributed by atoms with Gasteiger partial charge in [-0.15, -0.1) is 0 Å². The summed E-state index contributed by atoms with van der Waals surface area (Å²) in [6.45, 7) is 5.49. The molecule has 0 saturated heterocycles. The van der Waals surface area contributed by atoms with E-state index >= 15 is 0 Å². The summed E-state index contributed by atoms with van der Waals surface area (Å²) in [6.07, 6.45) is 48.4. The fourth-order valence-electron chi connectivity index (χ4n) is 7.67. The summed E-state index contributed by atoms with van der Waals surface area (Å²) >= 11 is 0. The third-order valence-electron chi connectivity index (χ3n) is 11.7. The van der Waals surface area contributed by atoms with Gasteiger partial charge in [-0.1, -0.05) is 239 Å². The summed E-state index contributed by atoms with van der Waals surface area (Å²) < 4.78 is 34.8. The van der Waals surface area contributed by atoms with Gasteiger partial charge in [0, 0.05) is 13.0 Å². The van der Waals surface area contributed by atoms with Crippen molar-refractivity contribution in [2.75, 3.05) is 54.1 Å². The number of ether oxygens (including phenoxy) is 2. The van der Waals surface area contributed by atoms with Crippen LogP contribution in [-0.2, 0) is 27.9 Å². The molecule has 0 aromatic heterocycles. The van der Waals surface area contributed by atoms with Gasteiger partial charge in [-0.25, -0.2) is 0 Å². The fraction of sp³-hybridized carbons (Fsp3) is 0.980. The molecule has 0 bridgehead atoms. The van der Waals surface area contributed by atoms with Gasteiger partial charge in [0.05, 0.1) is 34.4 Å². The van der Waals surface area contributed by atoms with Crippen molar-refractivity contribution in [2.45, 2.75) is 264 Å². The highest BCUT2D eigenvalue weighted by atomic mass is 31.2. The minimum Gasteiger partial charge on any atom is -0.756 e. The summed E-state index contributed by atoms with van der Waals surface area (Å²) in [5, 5.41) is 0. The zero-order valence-electron chi connectivity index (χ0n) is 40.2. The van der Waals surface area contributed by atoms with Crippen LogP contribution in [0.4, 0.5) is 0 Å². The Morgan fingerprint density at radius 3 is 1.12 bits per heavy atom. The Morgan fingerprint density at radius 1 is 0.458 bits per heavy atom. The first-order valence-electron chi connectivity index (χ1n) is 25.8. The van der Waals surface area contributed by atoms with Crippen molar-refractivity contribution in [1.82, 2.24) is 0 Å². The summed E-state index contributed by atoms with van der Waals surface area (Å²) in [7, 11) is 1.38. The summed E-state index contributed by atoms with van der Waals surface area (Å²) in [5.41, 5.74) is 0. The Labute approximate surface area is 368 Å². The van der Waals surface area contributed by atoms with Crippen molar-refractivity contribution in [3.63, 3.8) is 0 Å². The highest BCUT2D eigenvalue weighted by Crippen LogP contribution is 2.38. The average Bonchev–Trinajstić information content (AvgIpc) is 3.19. The van der Waals surface area contributed by atoms with Gasteiger partial charge < -0.3 is 27.9 Å². The highest BCUT2D eigenvalue weighted by molar-refractivity contribution is 7.45. The van der Waals surface area contributed by atoms with E-state index in [1.165, 1.54) is 205 Å². The van der Waals surface area contributed by atoms with Crippen LogP contribution in [0.1, 0.15) is 258 Å². The Balaban J connectivity index is 4.07. The van der Waals surface area contributed by atoms with Crippen LogP contribution in [0, 0.1) is 0 Å². The number of unbranched alkanes of at least 4 members (excludes halogenated alkanes) is 35. The van der Waals surface area contributed by atoms with Crippen molar-refractivity contribution in [2.24, 2.45) is 0 Å². The first kappa shape index (κ1) is 58.5. The number of carbonyl (C=O) groups is 1. The summed E-state index contributed by atoms with van der Waals surface area (Å²) in [4.78, 5) is 25.2. The Morgan fingerprint density at radius 2 is 0.780 bits per heavy atom. The number of hydrogen-bond donors (Lipinski definition) is 0. The number of rotatable bonds is 49. The molecule has 9 heteroatoms. The largest absolute Gasteiger partial charge is 0.756 e. The number of carbonyl (C=O) groups excluding carboxylic acids is 1. The standard InChI is InChI=1S/C50H102NO7P/c1-6-8-10-12-14-16-18-20-22-24-25-26-27-28-29-31-33-35-37-39-41-43-50(52)58-49(48-57-59(53,54)56-46-44-51(3,4)5)47-55-45-42-40-38-36-34-32-30-23-21-19-17-15-13-11-9-7-2/h49H,6-48H2,1-5H3. The smallest absolute Gasteiger partial charge is 0.306 e. The van der Waals surface area contributed by atoms with Crippen LogP contribution in [-0.4, -0.2) is 70.7 Å². The molecule has 0 amide bonds. The molecule has 59 heavy (non-hydrogen) atoms. The van der Waals surface area contributed by atoms with Gasteiger partial charge in [0.1, 0.15) is 19.3 Å². The molecule has 0 spiro atoms. The van der Waals surface area contributed by atoms with Crippen molar-refractivity contribution >= 4 is 13.8 Å². The molecule has 0 aliphatic heterocycles. The third kappa shape index (κ3) is 48.4. The molecule has 8 nitrogen and oxygen atoms in total. The van der Waals surface area contributed by atoms with Crippen LogP contribution >= 0.6 is 7.82 Å². The van der Waals surface area contributed by atoms with E-state index in [1.807, 2.05) is 21.1 Å². The molecule has 0 radical (unpaired) electrons. The minimum atomic E-state index is -4.52. The predicted octanol–water partition coefficient (Wildman–Crippen LogP) is 15.0. The second kappa shape index (κ2) is 44.1. The van der Waals surface area contributed by atoms with Gasteiger partial charge >= 0.3 is 5.97 Å². The van der Waals surface area contributed by atoms with E-state index in [-0.39, 0.29) is 25.8 Å². The van der Waals surface area contributed by atoms with Crippen LogP contribution < -0.4 is 4.89 Å². The lowest BCUT2D eigenvalue weighted by Crippen LogP contribution is -2.37. The van der Waals surface area contributed by atoms with Crippen molar-refractivity contribution in [1.29, 1.82) is 0 Å². The normalized spacial score (nSPS) is 13.5. The summed E-state index contributed by atoms with van der Waals surface area (Å²) in [5.74, 6) is -0.325. The number of hydrogen-bond acceptors (Lipinski definition) is 7. The molecular weight excluding hydrogens is 758 g/mol. The predicted molar refractivity (Wildman–Crippen MR) is 250 cm³/mol. The zero-order valence-corrected chi connectivity index (χ0v) is 41.1. The maximum atomic E-state index is 12.7. The van der Waals surface area contributed by atoms with Gasteiger partial charge in [0.25, 0.3) is 7.82 Å². The SMILES string of the molecule is CCCCCCCCCCCCCCCCCCCCCCCC(=O)OC(COCCCCCCCCCCCCCCCCCC)COP(=O)([O-])OCC[N+](C)(C)C. The van der Waals surface area contributed by atoms with Crippen molar-refractivity contribution in [3.05, 3.63) is 0 Å². The van der Waals surface area contributed by atoms with Gasteiger partial charge in [-0.05, 0) is 12.8 Å². The van der Waals surface area contributed by atoms with E-state index in [2.05, 4.69) is 13.8 Å². The lowest BCUT2D eigenvalue weighted by molar-refractivity contribution is -0.870. The van der Waals surface area contributed by atoms with E-state index in [1.54, 1.807) is 0 Å². The maximum Gasteiger partial charge on any atom is 0.306 e. The van der Waals surface area contributed by atoms with Crippen LogP contribution in [0.15, 0.2) is 0 Å². The molecule has 0 rings (SSSR count). The molecule has 0 aliphatic carbocycles. The van der Waals surface area contributed by atoms with Crippen LogP contribution in [0.2, 0.25) is 0 Å². The lowest BCUT2D eigenvalue weighted by Gasteiger charge is -2.28. The average molecular weight is 860 g/mol. The molecule has 0 heterocycles. The molecule has 2 unspecified atom stereocenters. The van der Waals surface area contributed by atoms with E-state index in [0.717, 1.165) is 32.1 Å². The third-order valence-corrected chi connectivity index (χ3v) is 12.6. The van der Waals surface area contributed by atoms with E-state index in [9.17, 15) is 14.3 Å². The first-order valence-corrected chi connectivity index (χ1v) is 27.2. The van der Waals surface area contributed by atoms with Crippen LogP contribution in [0.3, 0.4) is 0 Å². The number of nitrogens with zero attached hydrogens (tertiary/aromatic N) is 1. The number of esters is 1. The molecule has 0 fully saturated rings. The van der Waals surface area contributed by atoms with Crippen molar-refractivity contribution < 1.29 is 37.3 Å². The molecule has 0 aromatic carbocycles. The second-order valence-electron chi connectivity index (χ2n) is 18.9. The summed E-state index contributed by atoms with van der Waals surface area (Å²) in [6, 6.07) is 0. The molecule has 2 atom stereocenters. The lowest BCUT2D eigenvalue weighted by atomic mass is 10.0. The number of phosphoric ester groups is 1. The minimum absolute atomic E-state index is 0.0317. The van der Waals surface area contributed by atoms with E-state index in [0.29, 0.717) is 24.1 Å². The first-order chi connectivity index (χ1) is 28.6. The molecular formula is C50H102NO7P. The maximum absolute atomic E-state index is 12.7. The van der Waals surface area contributed by atoms with Gasteiger partial charge in [-0.2, -0.15) is 0 Å². The van der Waals surface area contributed by atoms with Gasteiger partial charge in [-0.3, -0.25) is 9.36 Å². The quantitative estimate of drug-likeness (QED) is 0.0260. The topological polar surface area (TPSA) is 94.1 Å². The Hall–Kier alpha value is -0.500. The molecule has 0 N–H and O–H groups in total. The second-order valence-corrected chi connectivity index (χ2v) is 20.3. The Bertz CT molecular complexity index is 914. The van der Waals surface area contributed by atoms with Crippen LogP contribution in [0.25, 0.3) is 0 Å². The molecule has 354 valence electrons. The molecule has 0 saturated carbocycles. The monoisotopic (exact) mass is 860 g/mol. The van der Waals surface area contributed by atoms with Crippen LogP contribution in [0.5, 0.6) is 0 Å². The fourth-order valence-corrected chi connectivity index (χ4v) is 8.40. The number of likely N-dealkylation sites (N-methyl/N-ethyl adjacent to an activating group) is 1. The number of quaternary nitrogens is 1. The Kier molecular flexibility index (Phi) is 43.7. The molecule has 0 aliphatic rings. The number of phosphoric acid groups is 1.